The van der Waals surface area contributed by atoms with E-state index in [-0.39, 0.29) is 0 Å². The zero-order valence-electron chi connectivity index (χ0n) is 12.4. The SMILES string of the molecule is CC1(C)CCCC1C(Br)Cc1cccc2ccccc12. The van der Waals surface area contributed by atoms with E-state index in [1.807, 2.05) is 0 Å². The minimum atomic E-state index is 0.485. The molecule has 0 N–H and O–H groups in total. The van der Waals surface area contributed by atoms with Crippen molar-refractivity contribution >= 4 is 26.7 Å². The molecule has 0 aromatic heterocycles. The fourth-order valence-corrected chi connectivity index (χ4v) is 5.18. The molecule has 20 heavy (non-hydrogen) atoms. The molecular formula is C19H23Br. The summed E-state index contributed by atoms with van der Waals surface area (Å²) in [6, 6.07) is 15.4. The number of halogens is 1. The molecule has 0 nitrogen and oxygen atoms in total. The summed E-state index contributed by atoms with van der Waals surface area (Å²) in [4.78, 5) is 0.589. The summed E-state index contributed by atoms with van der Waals surface area (Å²) in [7, 11) is 0. The average Bonchev–Trinajstić information content (AvgIpc) is 2.79. The van der Waals surface area contributed by atoms with Crippen LogP contribution in [-0.2, 0) is 6.42 Å². The summed E-state index contributed by atoms with van der Waals surface area (Å²) in [5, 5.41) is 2.77. The van der Waals surface area contributed by atoms with Crippen LogP contribution < -0.4 is 0 Å². The molecule has 0 heterocycles. The van der Waals surface area contributed by atoms with Gasteiger partial charge in [-0.05, 0) is 46.9 Å². The van der Waals surface area contributed by atoms with Gasteiger partial charge in [-0.25, -0.2) is 0 Å². The van der Waals surface area contributed by atoms with Crippen LogP contribution in [0.2, 0.25) is 0 Å². The van der Waals surface area contributed by atoms with Crippen LogP contribution in [0.25, 0.3) is 10.8 Å². The molecular weight excluding hydrogens is 308 g/mol. The van der Waals surface area contributed by atoms with Gasteiger partial charge in [0.2, 0.25) is 0 Å². The van der Waals surface area contributed by atoms with E-state index in [1.165, 1.54) is 35.6 Å². The van der Waals surface area contributed by atoms with Crippen molar-refractivity contribution in [2.24, 2.45) is 11.3 Å². The van der Waals surface area contributed by atoms with E-state index >= 15 is 0 Å². The maximum absolute atomic E-state index is 4.00. The molecule has 0 radical (unpaired) electrons. The van der Waals surface area contributed by atoms with Gasteiger partial charge in [0.15, 0.2) is 0 Å². The third-order valence-electron chi connectivity index (χ3n) is 5.07. The predicted molar refractivity (Wildman–Crippen MR) is 91.5 cm³/mol. The number of alkyl halides is 1. The summed E-state index contributed by atoms with van der Waals surface area (Å²) < 4.78 is 0. The van der Waals surface area contributed by atoms with Crippen LogP contribution in [-0.4, -0.2) is 4.83 Å². The zero-order valence-corrected chi connectivity index (χ0v) is 14.0. The van der Waals surface area contributed by atoms with Gasteiger partial charge in [-0.3, -0.25) is 0 Å². The van der Waals surface area contributed by atoms with E-state index < -0.39 is 0 Å². The van der Waals surface area contributed by atoms with Crippen molar-refractivity contribution in [3.63, 3.8) is 0 Å². The molecule has 0 aliphatic heterocycles. The number of rotatable bonds is 3. The molecule has 0 saturated heterocycles. The highest BCUT2D eigenvalue weighted by molar-refractivity contribution is 9.09. The number of fused-ring (bicyclic) bond motifs is 1. The number of benzene rings is 2. The first-order valence-electron chi connectivity index (χ1n) is 7.69. The highest BCUT2D eigenvalue weighted by Crippen LogP contribution is 2.47. The third-order valence-corrected chi connectivity index (χ3v) is 6.03. The Balaban J connectivity index is 1.86. The van der Waals surface area contributed by atoms with Gasteiger partial charge < -0.3 is 0 Å². The van der Waals surface area contributed by atoms with E-state index in [9.17, 15) is 0 Å². The molecule has 1 aliphatic carbocycles. The lowest BCUT2D eigenvalue weighted by Gasteiger charge is -2.31. The largest absolute Gasteiger partial charge is 0.0884 e. The summed E-state index contributed by atoms with van der Waals surface area (Å²) in [5.74, 6) is 0.793. The maximum Gasteiger partial charge on any atom is 0.0219 e. The lowest BCUT2D eigenvalue weighted by atomic mass is 9.78. The first kappa shape index (κ1) is 14.1. The van der Waals surface area contributed by atoms with Crippen LogP contribution >= 0.6 is 15.9 Å². The second kappa shape index (κ2) is 5.52. The molecule has 1 saturated carbocycles. The van der Waals surface area contributed by atoms with E-state index in [1.54, 1.807) is 0 Å². The van der Waals surface area contributed by atoms with Crippen LogP contribution in [0.15, 0.2) is 42.5 Å². The molecule has 0 amide bonds. The Bertz CT molecular complexity index is 594. The van der Waals surface area contributed by atoms with Crippen LogP contribution in [0.4, 0.5) is 0 Å². The second-order valence-electron chi connectivity index (χ2n) is 6.85. The van der Waals surface area contributed by atoms with Crippen LogP contribution in [0.3, 0.4) is 0 Å². The Labute approximate surface area is 130 Å². The van der Waals surface area contributed by atoms with E-state index in [0.29, 0.717) is 10.2 Å². The lowest BCUT2D eigenvalue weighted by molar-refractivity contribution is 0.255. The van der Waals surface area contributed by atoms with E-state index in [2.05, 4.69) is 72.2 Å². The van der Waals surface area contributed by atoms with Crippen molar-refractivity contribution in [2.75, 3.05) is 0 Å². The van der Waals surface area contributed by atoms with Gasteiger partial charge in [-0.1, -0.05) is 78.7 Å². The Hall–Kier alpha value is -0.820. The summed E-state index contributed by atoms with van der Waals surface area (Å²) in [5.41, 5.74) is 1.96. The number of hydrogen-bond donors (Lipinski definition) is 0. The van der Waals surface area contributed by atoms with Crippen molar-refractivity contribution in [3.05, 3.63) is 48.0 Å². The molecule has 106 valence electrons. The Morgan fingerprint density at radius 2 is 1.90 bits per heavy atom. The minimum Gasteiger partial charge on any atom is -0.0884 e. The standard InChI is InChI=1S/C19H23Br/c1-19(2)12-6-11-17(19)18(20)13-15-9-5-8-14-7-3-4-10-16(14)15/h3-5,7-10,17-18H,6,11-13H2,1-2H3. The Kier molecular flexibility index (Phi) is 3.90. The molecule has 2 aromatic carbocycles. The maximum atomic E-state index is 4.00. The first-order valence-corrected chi connectivity index (χ1v) is 8.60. The third kappa shape index (κ3) is 2.65. The normalized spacial score (nSPS) is 23.1. The average molecular weight is 331 g/mol. The summed E-state index contributed by atoms with van der Waals surface area (Å²) >= 11 is 4.00. The van der Waals surface area contributed by atoms with Crippen molar-refractivity contribution in [1.29, 1.82) is 0 Å². The molecule has 1 heteroatoms. The summed E-state index contributed by atoms with van der Waals surface area (Å²) in [6.07, 6.45) is 5.26. The van der Waals surface area contributed by atoms with Crippen molar-refractivity contribution in [2.45, 2.75) is 44.4 Å². The molecule has 0 bridgehead atoms. The van der Waals surface area contributed by atoms with E-state index in [0.717, 1.165) is 12.3 Å². The Morgan fingerprint density at radius 1 is 1.15 bits per heavy atom. The van der Waals surface area contributed by atoms with Gasteiger partial charge in [-0.15, -0.1) is 0 Å². The van der Waals surface area contributed by atoms with Gasteiger partial charge in [0, 0.05) is 4.83 Å². The van der Waals surface area contributed by atoms with E-state index in [4.69, 9.17) is 0 Å². The van der Waals surface area contributed by atoms with Crippen LogP contribution in [0.5, 0.6) is 0 Å². The monoisotopic (exact) mass is 330 g/mol. The van der Waals surface area contributed by atoms with Crippen LogP contribution in [0.1, 0.15) is 38.7 Å². The highest BCUT2D eigenvalue weighted by Gasteiger charge is 2.38. The second-order valence-corrected chi connectivity index (χ2v) is 8.02. The molecule has 2 unspecified atom stereocenters. The lowest BCUT2D eigenvalue weighted by Crippen LogP contribution is -2.27. The summed E-state index contributed by atoms with van der Waals surface area (Å²) in [6.45, 7) is 4.87. The molecule has 3 rings (SSSR count). The fourth-order valence-electron chi connectivity index (χ4n) is 3.85. The quantitative estimate of drug-likeness (QED) is 0.608. The van der Waals surface area contributed by atoms with Gasteiger partial charge in [-0.2, -0.15) is 0 Å². The number of hydrogen-bond acceptors (Lipinski definition) is 0. The van der Waals surface area contributed by atoms with Gasteiger partial charge in [0.1, 0.15) is 0 Å². The molecule has 1 fully saturated rings. The minimum absolute atomic E-state index is 0.485. The van der Waals surface area contributed by atoms with Crippen molar-refractivity contribution < 1.29 is 0 Å². The topological polar surface area (TPSA) is 0 Å². The fraction of sp³-hybridized carbons (Fsp3) is 0.474. The predicted octanol–water partition coefficient (Wildman–Crippen LogP) is 5.97. The highest BCUT2D eigenvalue weighted by atomic mass is 79.9. The molecule has 0 spiro atoms. The molecule has 1 aliphatic rings. The molecule has 2 aromatic rings. The van der Waals surface area contributed by atoms with Crippen molar-refractivity contribution in [3.8, 4) is 0 Å². The van der Waals surface area contributed by atoms with Crippen LogP contribution in [0, 0.1) is 11.3 Å². The van der Waals surface area contributed by atoms with Gasteiger partial charge in [0.05, 0.1) is 0 Å². The van der Waals surface area contributed by atoms with Crippen molar-refractivity contribution in [1.82, 2.24) is 0 Å². The van der Waals surface area contributed by atoms with Gasteiger partial charge >= 0.3 is 0 Å². The zero-order chi connectivity index (χ0) is 14.2. The smallest absolute Gasteiger partial charge is 0.0219 e. The molecule has 2 atom stereocenters. The Morgan fingerprint density at radius 3 is 2.65 bits per heavy atom. The van der Waals surface area contributed by atoms with Gasteiger partial charge in [0.25, 0.3) is 0 Å². The first-order chi connectivity index (χ1) is 9.58.